The van der Waals surface area contributed by atoms with E-state index in [-0.39, 0.29) is 5.82 Å². The number of nitrogens with two attached hydrogens (primary N) is 1. The lowest BCUT2D eigenvalue weighted by Crippen LogP contribution is -2.31. The molecule has 1 aromatic heterocycles. The maximum Gasteiger partial charge on any atom is 0.326 e. The van der Waals surface area contributed by atoms with Crippen molar-refractivity contribution in [3.05, 3.63) is 29.1 Å². The predicted octanol–water partition coefficient (Wildman–Crippen LogP) is 1.70. The minimum atomic E-state index is -1.19. The summed E-state index contributed by atoms with van der Waals surface area (Å²) in [4.78, 5) is 31.2. The number of ether oxygens (including phenoxy) is 1. The average Bonchev–Trinajstić information content (AvgIpc) is 3.19. The first-order chi connectivity index (χ1) is 10.5. The van der Waals surface area contributed by atoms with Crippen LogP contribution < -0.4 is 5.73 Å². The number of hydrogen-bond donors (Lipinski definition) is 2. The summed E-state index contributed by atoms with van der Waals surface area (Å²) in [5.74, 6) is -1.90. The Morgan fingerprint density at radius 1 is 1.36 bits per heavy atom. The lowest BCUT2D eigenvalue weighted by atomic mass is 10.1. The van der Waals surface area contributed by atoms with Crippen LogP contribution in [0.3, 0.4) is 0 Å². The van der Waals surface area contributed by atoms with Crippen LogP contribution >= 0.6 is 0 Å². The molecule has 1 aliphatic carbocycles. The van der Waals surface area contributed by atoms with Crippen molar-refractivity contribution >= 4 is 22.9 Å². The third kappa shape index (κ3) is 2.81. The van der Waals surface area contributed by atoms with Crippen LogP contribution in [0.15, 0.2) is 12.1 Å². The third-order valence-electron chi connectivity index (χ3n) is 4.07. The highest BCUT2D eigenvalue weighted by Gasteiger charge is 2.33. The summed E-state index contributed by atoms with van der Waals surface area (Å²) >= 11 is 0. The van der Waals surface area contributed by atoms with Crippen LogP contribution in [-0.2, 0) is 14.3 Å². The molecule has 3 N–H and O–H groups in total. The minimum absolute atomic E-state index is 0.244. The molecule has 1 heterocycles. The first kappa shape index (κ1) is 14.6. The van der Waals surface area contributed by atoms with Gasteiger partial charge in [0.15, 0.2) is 5.92 Å². The zero-order chi connectivity index (χ0) is 15.9. The van der Waals surface area contributed by atoms with Crippen molar-refractivity contribution in [2.24, 2.45) is 11.7 Å². The van der Waals surface area contributed by atoms with Gasteiger partial charge in [0.2, 0.25) is 5.91 Å². The lowest BCUT2D eigenvalue weighted by Gasteiger charge is -2.10. The summed E-state index contributed by atoms with van der Waals surface area (Å²) in [6.07, 6.45) is 2.13. The number of H-pyrrole nitrogens is 1. The van der Waals surface area contributed by atoms with Crippen molar-refractivity contribution in [2.45, 2.75) is 32.6 Å². The predicted molar refractivity (Wildman–Crippen MR) is 81.2 cm³/mol. The molecule has 0 saturated heterocycles. The summed E-state index contributed by atoms with van der Waals surface area (Å²) in [7, 11) is 0. The van der Waals surface area contributed by atoms with Crippen LogP contribution in [0.1, 0.15) is 35.7 Å². The fraction of sp³-hybridized carbons (Fsp3) is 0.438. The number of aryl methyl sites for hydroxylation is 2. The van der Waals surface area contributed by atoms with Crippen LogP contribution in [0.25, 0.3) is 11.0 Å². The largest absolute Gasteiger partial charge is 0.464 e. The Morgan fingerprint density at radius 2 is 2.05 bits per heavy atom. The Labute approximate surface area is 128 Å². The van der Waals surface area contributed by atoms with Crippen molar-refractivity contribution < 1.29 is 14.3 Å². The van der Waals surface area contributed by atoms with Crippen molar-refractivity contribution in [3.63, 3.8) is 0 Å². The van der Waals surface area contributed by atoms with Crippen molar-refractivity contribution in [2.75, 3.05) is 6.61 Å². The number of rotatable bonds is 5. The monoisotopic (exact) mass is 301 g/mol. The second-order valence-corrected chi connectivity index (χ2v) is 5.98. The number of aromatic amines is 1. The van der Waals surface area contributed by atoms with E-state index in [1.54, 1.807) is 0 Å². The highest BCUT2D eigenvalue weighted by Crippen LogP contribution is 2.29. The molecule has 116 valence electrons. The zero-order valence-corrected chi connectivity index (χ0v) is 12.7. The number of esters is 1. The molecule has 1 unspecified atom stereocenters. The molecule has 2 aromatic rings. The topological polar surface area (TPSA) is 98.1 Å². The maximum absolute atomic E-state index is 12.1. The summed E-state index contributed by atoms with van der Waals surface area (Å²) in [6.45, 7) is 4.32. The van der Waals surface area contributed by atoms with Gasteiger partial charge >= 0.3 is 5.97 Å². The molecule has 1 amide bonds. The van der Waals surface area contributed by atoms with Gasteiger partial charge in [-0.15, -0.1) is 0 Å². The Morgan fingerprint density at radius 3 is 2.68 bits per heavy atom. The summed E-state index contributed by atoms with van der Waals surface area (Å²) in [6, 6.07) is 3.85. The van der Waals surface area contributed by atoms with Crippen molar-refractivity contribution in [1.29, 1.82) is 0 Å². The first-order valence-corrected chi connectivity index (χ1v) is 7.38. The van der Waals surface area contributed by atoms with E-state index in [0.717, 1.165) is 29.5 Å². The maximum atomic E-state index is 12.1. The van der Waals surface area contributed by atoms with Gasteiger partial charge in [0, 0.05) is 0 Å². The van der Waals surface area contributed by atoms with Crippen molar-refractivity contribution in [1.82, 2.24) is 9.97 Å². The molecule has 0 spiro atoms. The number of imidazole rings is 1. The van der Waals surface area contributed by atoms with E-state index < -0.39 is 17.8 Å². The summed E-state index contributed by atoms with van der Waals surface area (Å²) in [5.41, 5.74) is 9.06. The number of primary amides is 1. The normalized spacial score (nSPS) is 15.7. The highest BCUT2D eigenvalue weighted by atomic mass is 16.5. The zero-order valence-electron chi connectivity index (χ0n) is 12.7. The number of nitrogens with one attached hydrogen (secondary N) is 1. The molecule has 22 heavy (non-hydrogen) atoms. The number of carbonyl (C=O) groups excluding carboxylic acids is 2. The molecule has 1 fully saturated rings. The van der Waals surface area contributed by atoms with Gasteiger partial charge in [-0.05, 0) is 55.9 Å². The van der Waals surface area contributed by atoms with E-state index in [4.69, 9.17) is 10.5 Å². The van der Waals surface area contributed by atoms with E-state index in [0.29, 0.717) is 18.0 Å². The van der Waals surface area contributed by atoms with Gasteiger partial charge in [-0.25, -0.2) is 4.98 Å². The minimum Gasteiger partial charge on any atom is -0.464 e. The molecular weight excluding hydrogens is 282 g/mol. The van der Waals surface area contributed by atoms with Crippen LogP contribution in [-0.4, -0.2) is 28.5 Å². The quantitative estimate of drug-likeness (QED) is 0.648. The second kappa shape index (κ2) is 5.44. The average molecular weight is 301 g/mol. The number of amides is 1. The molecule has 0 radical (unpaired) electrons. The van der Waals surface area contributed by atoms with Crippen LogP contribution in [0.2, 0.25) is 0 Å². The smallest absolute Gasteiger partial charge is 0.326 e. The number of fused-ring (bicyclic) bond motifs is 1. The van der Waals surface area contributed by atoms with Gasteiger partial charge in [0.1, 0.15) is 5.82 Å². The van der Waals surface area contributed by atoms with Gasteiger partial charge < -0.3 is 15.5 Å². The standard InChI is InChI=1S/C16H19N3O3/c1-8-5-11-12(6-9(8)2)19-15(18-11)13(14(17)20)16(21)22-7-10-3-4-10/h5-6,10,13H,3-4,7H2,1-2H3,(H2,17,20)(H,18,19). The lowest BCUT2D eigenvalue weighted by molar-refractivity contribution is -0.148. The fourth-order valence-corrected chi connectivity index (χ4v) is 2.36. The number of carbonyl (C=O) groups is 2. The number of aromatic nitrogens is 2. The van der Waals surface area contributed by atoms with E-state index in [9.17, 15) is 9.59 Å². The SMILES string of the molecule is Cc1cc2nc(C(C(N)=O)C(=O)OCC3CC3)[nH]c2cc1C. The van der Waals surface area contributed by atoms with Gasteiger partial charge in [0.25, 0.3) is 0 Å². The molecule has 3 rings (SSSR count). The Hall–Kier alpha value is -2.37. The Balaban J connectivity index is 1.90. The van der Waals surface area contributed by atoms with E-state index in [1.807, 2.05) is 26.0 Å². The van der Waals surface area contributed by atoms with Gasteiger partial charge in [-0.2, -0.15) is 0 Å². The molecule has 1 atom stereocenters. The van der Waals surface area contributed by atoms with Gasteiger partial charge in [-0.3, -0.25) is 9.59 Å². The molecule has 6 nitrogen and oxygen atoms in total. The molecule has 0 aliphatic heterocycles. The molecule has 6 heteroatoms. The first-order valence-electron chi connectivity index (χ1n) is 7.38. The Bertz CT molecular complexity index is 707. The van der Waals surface area contributed by atoms with Gasteiger partial charge in [0.05, 0.1) is 17.6 Å². The van der Waals surface area contributed by atoms with E-state index in [1.165, 1.54) is 0 Å². The number of benzene rings is 1. The van der Waals surface area contributed by atoms with Crippen molar-refractivity contribution in [3.8, 4) is 0 Å². The molecule has 1 aromatic carbocycles. The molecule has 0 bridgehead atoms. The highest BCUT2D eigenvalue weighted by molar-refractivity contribution is 6.02. The van der Waals surface area contributed by atoms with Gasteiger partial charge in [-0.1, -0.05) is 0 Å². The summed E-state index contributed by atoms with van der Waals surface area (Å²) in [5, 5.41) is 0. The second-order valence-electron chi connectivity index (χ2n) is 5.98. The molecular formula is C16H19N3O3. The van der Waals surface area contributed by atoms with E-state index >= 15 is 0 Å². The Kier molecular flexibility index (Phi) is 3.60. The number of hydrogen-bond acceptors (Lipinski definition) is 4. The molecule has 1 saturated carbocycles. The van der Waals surface area contributed by atoms with Crippen LogP contribution in [0.4, 0.5) is 0 Å². The van der Waals surface area contributed by atoms with Crippen LogP contribution in [0, 0.1) is 19.8 Å². The summed E-state index contributed by atoms with van der Waals surface area (Å²) < 4.78 is 5.19. The third-order valence-corrected chi connectivity index (χ3v) is 4.07. The van der Waals surface area contributed by atoms with E-state index in [2.05, 4.69) is 9.97 Å². The fourth-order valence-electron chi connectivity index (χ4n) is 2.36. The number of nitrogens with zero attached hydrogens (tertiary/aromatic N) is 1. The molecule has 1 aliphatic rings. The van der Waals surface area contributed by atoms with Crippen LogP contribution in [0.5, 0.6) is 0 Å².